The van der Waals surface area contributed by atoms with Crippen LogP contribution in [0.3, 0.4) is 0 Å². The van der Waals surface area contributed by atoms with Gasteiger partial charge in [0.1, 0.15) is 6.29 Å². The van der Waals surface area contributed by atoms with Crippen LogP contribution >= 0.6 is 0 Å². The van der Waals surface area contributed by atoms with Gasteiger partial charge >= 0.3 is 5.97 Å². The Balaban J connectivity index is 2.54. The molecule has 0 spiro atoms. The van der Waals surface area contributed by atoms with Crippen molar-refractivity contribution in [1.29, 1.82) is 0 Å². The molecule has 0 radical (unpaired) electrons. The number of carboxylic acid groups (broad SMARTS) is 1. The van der Waals surface area contributed by atoms with Gasteiger partial charge in [0.25, 0.3) is 11.8 Å². The van der Waals surface area contributed by atoms with E-state index in [1.54, 1.807) is 0 Å². The van der Waals surface area contributed by atoms with Crippen molar-refractivity contribution in [3.8, 4) is 0 Å². The van der Waals surface area contributed by atoms with Gasteiger partial charge in [0.05, 0.1) is 6.04 Å². The number of nitrogens with zero attached hydrogens (tertiary/aromatic N) is 1. The van der Waals surface area contributed by atoms with Crippen LogP contribution in [-0.2, 0) is 19.2 Å². The number of aliphatic carboxylic acids is 1. The first-order chi connectivity index (χ1) is 7.56. The summed E-state index contributed by atoms with van der Waals surface area (Å²) in [5, 5.41) is 8.42. The van der Waals surface area contributed by atoms with E-state index in [0.29, 0.717) is 6.29 Å². The van der Waals surface area contributed by atoms with E-state index < -0.39 is 23.8 Å². The zero-order chi connectivity index (χ0) is 12.1. The van der Waals surface area contributed by atoms with Crippen LogP contribution in [0, 0.1) is 0 Å². The van der Waals surface area contributed by atoms with Gasteiger partial charge in [-0.05, 0) is 12.8 Å². The van der Waals surface area contributed by atoms with E-state index in [4.69, 9.17) is 5.11 Å². The number of rotatable bonds is 6. The zero-order valence-corrected chi connectivity index (χ0v) is 8.46. The predicted molar refractivity (Wildman–Crippen MR) is 52.3 cm³/mol. The Bertz CT molecular complexity index is 342. The van der Waals surface area contributed by atoms with Crippen LogP contribution in [-0.4, -0.2) is 40.1 Å². The Hall–Kier alpha value is -1.98. The van der Waals surface area contributed by atoms with Crippen LogP contribution in [0.1, 0.15) is 19.3 Å². The lowest BCUT2D eigenvalue weighted by Gasteiger charge is -2.20. The third-order valence-corrected chi connectivity index (χ3v) is 2.22. The molecule has 1 atom stereocenters. The third kappa shape index (κ3) is 2.75. The summed E-state index contributed by atoms with van der Waals surface area (Å²) in [6.07, 6.45) is 3.01. The summed E-state index contributed by atoms with van der Waals surface area (Å²) in [5.74, 6) is -2.03. The minimum Gasteiger partial charge on any atom is -0.481 e. The molecule has 1 rings (SSSR count). The molecule has 2 amide bonds. The number of amides is 2. The van der Waals surface area contributed by atoms with E-state index in [2.05, 4.69) is 0 Å². The van der Waals surface area contributed by atoms with Crippen LogP contribution in [0.2, 0.25) is 0 Å². The maximum Gasteiger partial charge on any atom is 0.303 e. The van der Waals surface area contributed by atoms with E-state index in [1.165, 1.54) is 0 Å². The van der Waals surface area contributed by atoms with Gasteiger partial charge in [-0.1, -0.05) is 0 Å². The highest BCUT2D eigenvalue weighted by Gasteiger charge is 2.30. The standard InChI is InChI=1S/C10H11NO5/c12-6-7(2-1-3-10(15)16)11-8(13)4-5-9(11)14/h4-7H,1-3H2,(H,15,16). The second-order valence-corrected chi connectivity index (χ2v) is 3.37. The van der Waals surface area contributed by atoms with Gasteiger partial charge in [0, 0.05) is 18.6 Å². The molecule has 0 saturated carbocycles. The van der Waals surface area contributed by atoms with Gasteiger partial charge in [-0.25, -0.2) is 0 Å². The molecule has 6 heteroatoms. The molecular formula is C10H11NO5. The second-order valence-electron chi connectivity index (χ2n) is 3.37. The van der Waals surface area contributed by atoms with Crippen molar-refractivity contribution in [1.82, 2.24) is 4.90 Å². The molecule has 1 aliphatic rings. The van der Waals surface area contributed by atoms with Crippen molar-refractivity contribution in [2.75, 3.05) is 0 Å². The first-order valence-electron chi connectivity index (χ1n) is 4.78. The van der Waals surface area contributed by atoms with Crippen molar-refractivity contribution in [2.45, 2.75) is 25.3 Å². The van der Waals surface area contributed by atoms with Gasteiger partial charge in [-0.2, -0.15) is 0 Å². The Morgan fingerprint density at radius 3 is 2.38 bits per heavy atom. The summed E-state index contributed by atoms with van der Waals surface area (Å²) in [7, 11) is 0. The quantitative estimate of drug-likeness (QED) is 0.496. The van der Waals surface area contributed by atoms with E-state index in [1.807, 2.05) is 0 Å². The highest BCUT2D eigenvalue weighted by molar-refractivity contribution is 6.14. The largest absolute Gasteiger partial charge is 0.481 e. The molecule has 6 nitrogen and oxygen atoms in total. The molecule has 1 heterocycles. The first kappa shape index (κ1) is 12.1. The predicted octanol–water partition coefficient (Wildman–Crippen LogP) is -0.266. The fourth-order valence-electron chi connectivity index (χ4n) is 1.46. The minimum absolute atomic E-state index is 0.0893. The first-order valence-corrected chi connectivity index (χ1v) is 4.78. The van der Waals surface area contributed by atoms with Gasteiger partial charge in [-0.3, -0.25) is 19.3 Å². The molecule has 0 aromatic rings. The average Bonchev–Trinajstić information content (AvgIpc) is 2.54. The highest BCUT2D eigenvalue weighted by Crippen LogP contribution is 2.13. The molecule has 0 fully saturated rings. The zero-order valence-electron chi connectivity index (χ0n) is 8.46. The summed E-state index contributed by atoms with van der Waals surface area (Å²) < 4.78 is 0. The lowest BCUT2D eigenvalue weighted by atomic mass is 10.1. The topological polar surface area (TPSA) is 91.8 Å². The van der Waals surface area contributed by atoms with Crippen molar-refractivity contribution in [2.24, 2.45) is 0 Å². The Morgan fingerprint density at radius 1 is 1.38 bits per heavy atom. The minimum atomic E-state index is -0.971. The number of carbonyl (C=O) groups is 4. The van der Waals surface area contributed by atoms with E-state index >= 15 is 0 Å². The lowest BCUT2D eigenvalue weighted by molar-refractivity contribution is -0.142. The summed E-state index contributed by atoms with van der Waals surface area (Å²) in [5.41, 5.74) is 0. The molecule has 0 saturated heterocycles. The van der Waals surface area contributed by atoms with Gasteiger partial charge < -0.3 is 9.90 Å². The normalized spacial score (nSPS) is 16.6. The SMILES string of the molecule is O=CC(CCCC(=O)O)N1C(=O)C=CC1=O. The van der Waals surface area contributed by atoms with Crippen molar-refractivity contribution < 1.29 is 24.3 Å². The molecule has 1 unspecified atom stereocenters. The van der Waals surface area contributed by atoms with Crippen molar-refractivity contribution in [3.05, 3.63) is 12.2 Å². The van der Waals surface area contributed by atoms with Crippen molar-refractivity contribution >= 4 is 24.1 Å². The summed E-state index contributed by atoms with van der Waals surface area (Å²) in [6, 6.07) is -0.866. The number of hydrogen-bond donors (Lipinski definition) is 1. The molecule has 86 valence electrons. The molecule has 0 aliphatic carbocycles. The number of hydrogen-bond acceptors (Lipinski definition) is 4. The molecule has 1 N–H and O–H groups in total. The number of carboxylic acids is 1. The summed E-state index contributed by atoms with van der Waals surface area (Å²) in [6.45, 7) is 0. The highest BCUT2D eigenvalue weighted by atomic mass is 16.4. The Morgan fingerprint density at radius 2 is 1.94 bits per heavy atom. The van der Waals surface area contributed by atoms with Gasteiger partial charge in [0.2, 0.25) is 0 Å². The van der Waals surface area contributed by atoms with E-state index in [0.717, 1.165) is 17.1 Å². The van der Waals surface area contributed by atoms with Gasteiger partial charge in [-0.15, -0.1) is 0 Å². The van der Waals surface area contributed by atoms with Gasteiger partial charge in [0.15, 0.2) is 0 Å². The number of imide groups is 1. The van der Waals surface area contributed by atoms with Crippen LogP contribution in [0.15, 0.2) is 12.2 Å². The maximum absolute atomic E-state index is 11.2. The van der Waals surface area contributed by atoms with Crippen molar-refractivity contribution in [3.63, 3.8) is 0 Å². The second kappa shape index (κ2) is 5.20. The van der Waals surface area contributed by atoms with Crippen LogP contribution in [0.4, 0.5) is 0 Å². The molecule has 1 aliphatic heterocycles. The number of carbonyl (C=O) groups excluding carboxylic acids is 3. The fourth-order valence-corrected chi connectivity index (χ4v) is 1.46. The molecule has 0 aromatic carbocycles. The number of aldehydes is 1. The Labute approximate surface area is 91.5 Å². The molecule has 0 bridgehead atoms. The third-order valence-electron chi connectivity index (χ3n) is 2.22. The Kier molecular flexibility index (Phi) is 3.93. The van der Waals surface area contributed by atoms with Crippen LogP contribution in [0.5, 0.6) is 0 Å². The molecule has 0 aromatic heterocycles. The van der Waals surface area contributed by atoms with E-state index in [-0.39, 0.29) is 19.3 Å². The summed E-state index contributed by atoms with van der Waals surface area (Å²) in [4.78, 5) is 44.3. The molecule has 16 heavy (non-hydrogen) atoms. The lowest BCUT2D eigenvalue weighted by Crippen LogP contribution is -2.41. The monoisotopic (exact) mass is 225 g/mol. The maximum atomic E-state index is 11.2. The smallest absolute Gasteiger partial charge is 0.303 e. The average molecular weight is 225 g/mol. The van der Waals surface area contributed by atoms with E-state index in [9.17, 15) is 19.2 Å². The summed E-state index contributed by atoms with van der Waals surface area (Å²) >= 11 is 0. The fraction of sp³-hybridized carbons (Fsp3) is 0.400. The van der Waals surface area contributed by atoms with Crippen LogP contribution in [0.25, 0.3) is 0 Å². The van der Waals surface area contributed by atoms with Crippen LogP contribution < -0.4 is 0 Å². The molecular weight excluding hydrogens is 214 g/mol.